The molecule has 6 N–H and O–H groups in total. The molecule has 0 aliphatic carbocycles. The Morgan fingerprint density at radius 1 is 0.667 bits per heavy atom. The fourth-order valence-corrected chi connectivity index (χ4v) is 12.2. The van der Waals surface area contributed by atoms with Crippen molar-refractivity contribution in [1.29, 1.82) is 0 Å². The lowest BCUT2D eigenvalue weighted by Gasteiger charge is -2.32. The van der Waals surface area contributed by atoms with Crippen molar-refractivity contribution in [3.05, 3.63) is 29.8 Å². The van der Waals surface area contributed by atoms with Crippen LogP contribution in [-0.4, -0.2) is 146 Å². The van der Waals surface area contributed by atoms with Crippen LogP contribution in [0.4, 0.5) is 0 Å². The van der Waals surface area contributed by atoms with Gasteiger partial charge in [0.1, 0.15) is 35.7 Å². The van der Waals surface area contributed by atoms with E-state index < -0.39 is 114 Å². The quantitative estimate of drug-likeness (QED) is 0.163. The minimum atomic E-state index is -1.44. The molecule has 72 heavy (non-hydrogen) atoms. The summed E-state index contributed by atoms with van der Waals surface area (Å²) < 4.78 is 0. The van der Waals surface area contributed by atoms with E-state index in [1.807, 2.05) is 34.6 Å². The molecule has 1 aromatic rings. The lowest BCUT2D eigenvalue weighted by molar-refractivity contribution is -0.143. The highest BCUT2D eigenvalue weighted by molar-refractivity contribution is 8.76. The highest BCUT2D eigenvalue weighted by Crippen LogP contribution is 2.31. The van der Waals surface area contributed by atoms with Gasteiger partial charge in [0.05, 0.1) is 24.6 Å². The summed E-state index contributed by atoms with van der Waals surface area (Å²) in [5.41, 5.74) is 0.578. The number of phenols is 1. The number of nitrogens with one attached hydrogen (secondary N) is 4. The first-order valence-corrected chi connectivity index (χ1v) is 28.0. The molecule has 3 heterocycles. The van der Waals surface area contributed by atoms with Crippen molar-refractivity contribution in [3.8, 4) is 5.75 Å². The number of ketones is 4. The van der Waals surface area contributed by atoms with Crippen molar-refractivity contribution in [1.82, 2.24) is 31.1 Å². The predicted octanol–water partition coefficient (Wildman–Crippen LogP) is 3.72. The summed E-state index contributed by atoms with van der Waals surface area (Å²) in [7, 11) is 2.47. The second kappa shape index (κ2) is 28.6. The Labute approximate surface area is 432 Å². The number of aromatic hydroxyl groups is 1. The number of carbonyl (C=O) groups is 10. The van der Waals surface area contributed by atoms with E-state index in [-0.39, 0.29) is 98.1 Å². The van der Waals surface area contributed by atoms with Gasteiger partial charge < -0.3 is 46.1 Å². The van der Waals surface area contributed by atoms with E-state index in [1.54, 1.807) is 19.1 Å². The second-order valence-corrected chi connectivity index (χ2v) is 23.3. The molecule has 3 aliphatic heterocycles. The standard InChI is InChI=1S/C52H78N6O12S2/c1-9-31(6)38-25-46(64)41(26-59)55-50(68)43-12-10-18-57(43)51(69)36(22-32(7)60)27-71-72-28-42(33(8)61)56-47(65)35(20-29(2)3)24-45(63)39(21-30(4)5)53-49(67)44-13-11-19-58(44)52(70)40(54-48(38)66)23-34-14-16-37(62)17-15-34/h14-17,29-31,35-36,38-44,59,62H,9-13,18-28H2,1-8H3,(H,53,67)(H,54,66)(H,55,68)(H,56,65)/t31-,35+,36-,38-,39-,40-,41-,42-,43-,44-/m0/s1. The monoisotopic (exact) mass is 1040 g/mol. The number of Topliss-reactive ketones (excluding diaryl/α,β-unsaturated/α-hetero) is 4. The lowest BCUT2D eigenvalue weighted by Crippen LogP contribution is -2.57. The Hall–Kier alpha value is -4.82. The predicted molar refractivity (Wildman–Crippen MR) is 275 cm³/mol. The molecule has 3 fully saturated rings. The van der Waals surface area contributed by atoms with Crippen molar-refractivity contribution < 1.29 is 58.2 Å². The molecule has 0 spiro atoms. The number of nitrogens with zero attached hydrogens (tertiary/aromatic N) is 2. The van der Waals surface area contributed by atoms with Crippen LogP contribution in [0.3, 0.4) is 0 Å². The van der Waals surface area contributed by atoms with E-state index in [1.165, 1.54) is 57.4 Å². The number of benzene rings is 1. The molecule has 4 rings (SSSR count). The summed E-state index contributed by atoms with van der Waals surface area (Å²) in [6, 6.07) is -0.596. The SMILES string of the molecule is CC[C@H](C)[C@@H]1CC(=O)[C@H](CO)NC(=O)[C@@H]2CCCN2C(=O)[C@@H](CC(C)=O)CSSC[C@@H](C(C)=O)NC(=O)[C@H](CC(C)C)CC(=O)[C@H](CC(C)C)NC(=O)[C@@H]2CCCN2C(=O)[C@H](Cc2ccc(O)cc2)NC1=O. The highest BCUT2D eigenvalue weighted by atomic mass is 33.1. The summed E-state index contributed by atoms with van der Waals surface area (Å²) >= 11 is 0. The Kier molecular flexibility index (Phi) is 23.7. The summed E-state index contributed by atoms with van der Waals surface area (Å²) in [5, 5.41) is 31.8. The number of aliphatic hydroxyl groups excluding tert-OH is 1. The molecule has 0 aromatic heterocycles. The molecule has 6 amide bonds. The van der Waals surface area contributed by atoms with Crippen molar-refractivity contribution in [2.24, 2.45) is 35.5 Å². The first kappa shape index (κ1) is 59.7. The number of carbonyl (C=O) groups excluding carboxylic acids is 10. The van der Waals surface area contributed by atoms with Gasteiger partial charge in [0, 0.05) is 62.1 Å². The molecular weight excluding hydrogens is 965 g/mol. The van der Waals surface area contributed by atoms with Crippen LogP contribution in [0.25, 0.3) is 0 Å². The average Bonchev–Trinajstić information content (AvgIpc) is 4.03. The van der Waals surface area contributed by atoms with Crippen LogP contribution in [0.5, 0.6) is 5.75 Å². The van der Waals surface area contributed by atoms with E-state index >= 15 is 0 Å². The lowest BCUT2D eigenvalue weighted by atomic mass is 9.85. The zero-order chi connectivity index (χ0) is 53.4. The minimum absolute atomic E-state index is 0.0167. The van der Waals surface area contributed by atoms with Gasteiger partial charge in [0.2, 0.25) is 35.4 Å². The third kappa shape index (κ3) is 17.4. The first-order chi connectivity index (χ1) is 34.0. The molecule has 20 heteroatoms. The molecule has 1 aromatic carbocycles. The summed E-state index contributed by atoms with van der Waals surface area (Å²) in [4.78, 5) is 142. The molecule has 0 unspecified atom stereocenters. The number of amides is 6. The molecule has 400 valence electrons. The number of aliphatic hydroxyl groups is 1. The van der Waals surface area contributed by atoms with Crippen LogP contribution in [0, 0.1) is 35.5 Å². The largest absolute Gasteiger partial charge is 0.508 e. The number of fused-ring (bicyclic) bond motifs is 2. The van der Waals surface area contributed by atoms with Crippen LogP contribution >= 0.6 is 21.6 Å². The van der Waals surface area contributed by atoms with Crippen molar-refractivity contribution in [2.75, 3.05) is 31.2 Å². The van der Waals surface area contributed by atoms with Crippen molar-refractivity contribution in [2.45, 2.75) is 162 Å². The molecule has 0 bridgehead atoms. The van der Waals surface area contributed by atoms with Crippen molar-refractivity contribution in [3.63, 3.8) is 0 Å². The Balaban J connectivity index is 1.76. The second-order valence-electron chi connectivity index (χ2n) is 20.7. The molecule has 0 saturated carbocycles. The van der Waals surface area contributed by atoms with Crippen LogP contribution < -0.4 is 21.3 Å². The summed E-state index contributed by atoms with van der Waals surface area (Å²) in [6.07, 6.45) is 1.61. The van der Waals surface area contributed by atoms with Crippen LogP contribution in [0.2, 0.25) is 0 Å². The molecule has 18 nitrogen and oxygen atoms in total. The maximum absolute atomic E-state index is 14.8. The summed E-state index contributed by atoms with van der Waals surface area (Å²) in [6.45, 7) is 13.5. The van der Waals surface area contributed by atoms with Gasteiger partial charge in [-0.1, -0.05) is 81.7 Å². The van der Waals surface area contributed by atoms with E-state index in [9.17, 15) is 58.2 Å². The van der Waals surface area contributed by atoms with Crippen LogP contribution in [0.1, 0.15) is 125 Å². The Bertz CT molecular complexity index is 2110. The van der Waals surface area contributed by atoms with Gasteiger partial charge in [-0.3, -0.25) is 43.2 Å². The normalized spacial score (nSPS) is 28.0. The van der Waals surface area contributed by atoms with Gasteiger partial charge in [-0.2, -0.15) is 0 Å². The maximum atomic E-state index is 14.8. The maximum Gasteiger partial charge on any atom is 0.246 e. The van der Waals surface area contributed by atoms with Crippen LogP contribution in [0.15, 0.2) is 24.3 Å². The van der Waals surface area contributed by atoms with Gasteiger partial charge in [0.15, 0.2) is 17.3 Å². The van der Waals surface area contributed by atoms with E-state index in [2.05, 4.69) is 21.3 Å². The number of phenolic OH excluding ortho intramolecular Hbond substituents is 1. The molecular formula is C52H78N6O12S2. The number of hydrogen-bond donors (Lipinski definition) is 6. The molecule has 3 saturated heterocycles. The minimum Gasteiger partial charge on any atom is -0.508 e. The average molecular weight is 1040 g/mol. The highest BCUT2D eigenvalue weighted by Gasteiger charge is 2.42. The fourth-order valence-electron chi connectivity index (χ4n) is 9.69. The van der Waals surface area contributed by atoms with E-state index in [0.717, 1.165) is 0 Å². The molecule has 10 atom stereocenters. The molecule has 0 radical (unpaired) electrons. The van der Waals surface area contributed by atoms with Gasteiger partial charge >= 0.3 is 0 Å². The number of hydrogen-bond acceptors (Lipinski definition) is 14. The van der Waals surface area contributed by atoms with E-state index in [4.69, 9.17) is 0 Å². The third-order valence-corrected chi connectivity index (χ3v) is 16.4. The van der Waals surface area contributed by atoms with Crippen LogP contribution in [-0.2, 0) is 54.4 Å². The zero-order valence-electron chi connectivity index (χ0n) is 43.2. The Morgan fingerprint density at radius 3 is 1.75 bits per heavy atom. The topological polar surface area (TPSA) is 266 Å². The first-order valence-electron chi connectivity index (χ1n) is 25.6. The summed E-state index contributed by atoms with van der Waals surface area (Å²) in [5.74, 6) is -8.01. The fraction of sp³-hybridized carbons (Fsp3) is 0.692. The zero-order valence-corrected chi connectivity index (χ0v) is 44.9. The third-order valence-electron chi connectivity index (χ3n) is 13.9. The van der Waals surface area contributed by atoms with Crippen molar-refractivity contribution >= 4 is 80.2 Å². The van der Waals surface area contributed by atoms with Gasteiger partial charge in [-0.25, -0.2) is 0 Å². The number of rotatable bonds is 12. The van der Waals surface area contributed by atoms with Gasteiger partial charge in [-0.15, -0.1) is 0 Å². The van der Waals surface area contributed by atoms with Gasteiger partial charge in [-0.05, 0) is 87.8 Å². The Morgan fingerprint density at radius 2 is 1.21 bits per heavy atom. The smallest absolute Gasteiger partial charge is 0.246 e. The van der Waals surface area contributed by atoms with E-state index in [0.29, 0.717) is 31.2 Å². The molecule has 3 aliphatic rings. The van der Waals surface area contributed by atoms with Gasteiger partial charge in [0.25, 0.3) is 0 Å².